The van der Waals surface area contributed by atoms with E-state index < -0.39 is 0 Å². The molecule has 0 aliphatic rings. The summed E-state index contributed by atoms with van der Waals surface area (Å²) < 4.78 is 2.44. The van der Waals surface area contributed by atoms with E-state index in [-0.39, 0.29) is 7.43 Å². The molecule has 0 amide bonds. The van der Waals surface area contributed by atoms with Gasteiger partial charge in [0, 0.05) is 29.1 Å². The Morgan fingerprint density at radius 2 is 1.36 bits per heavy atom. The maximum Gasteiger partial charge on any atom is 0.193 e. The molecule has 0 fully saturated rings. The van der Waals surface area contributed by atoms with Crippen molar-refractivity contribution in [1.29, 1.82) is 0 Å². The minimum absolute atomic E-state index is 0. The first-order chi connectivity index (χ1) is 18.8. The summed E-state index contributed by atoms with van der Waals surface area (Å²) in [5, 5.41) is 17.6. The summed E-state index contributed by atoms with van der Waals surface area (Å²) in [6.07, 6.45) is 0. The van der Waals surface area contributed by atoms with Gasteiger partial charge in [0.2, 0.25) is 0 Å². The van der Waals surface area contributed by atoms with E-state index in [0.717, 1.165) is 17.8 Å². The van der Waals surface area contributed by atoms with E-state index in [1.807, 2.05) is 0 Å². The number of rotatable bonds is 8. The van der Waals surface area contributed by atoms with E-state index in [1.165, 1.54) is 39.2 Å². The molecule has 0 atom stereocenters. The smallest absolute Gasteiger partial charge is 0.193 e. The number of anilines is 1. The maximum atomic E-state index is 4.03. The largest absolute Gasteiger partial charge is 0.378 e. The van der Waals surface area contributed by atoms with Crippen molar-refractivity contribution in [1.82, 2.24) is 25.2 Å². The highest BCUT2D eigenvalue weighted by Crippen LogP contribution is 2.42. The number of hydrogen-bond donors (Lipinski definition) is 2. The van der Waals surface area contributed by atoms with Gasteiger partial charge in [0.15, 0.2) is 5.82 Å². The van der Waals surface area contributed by atoms with Crippen molar-refractivity contribution < 1.29 is 0 Å². The molecule has 39 heavy (non-hydrogen) atoms. The van der Waals surface area contributed by atoms with Gasteiger partial charge in [0.1, 0.15) is 0 Å². The standard InChI is InChI=1S/C32H28N6.CH4/c1-2-38-30(21-29(23-12-5-3-6-13-23)32(38)24-14-7-4-8-15-24)28-19-10-9-18-27(28)25-16-11-17-26(20-25)33-22-31-34-36-37-35-31;/h3-21,33H,2,22H2,1H3,(H,34,35,36,37);1H4. The first kappa shape index (κ1) is 25.7. The van der Waals surface area contributed by atoms with Crippen LogP contribution in [0.25, 0.3) is 44.8 Å². The lowest BCUT2D eigenvalue weighted by molar-refractivity contribution is 0.785. The number of aromatic amines is 1. The van der Waals surface area contributed by atoms with E-state index in [4.69, 9.17) is 0 Å². The minimum Gasteiger partial charge on any atom is -0.378 e. The number of benzene rings is 4. The Hall–Kier alpha value is -4.97. The van der Waals surface area contributed by atoms with Crippen molar-refractivity contribution in [3.8, 4) is 44.8 Å². The molecule has 2 heterocycles. The normalized spacial score (nSPS) is 10.7. The van der Waals surface area contributed by atoms with Crippen LogP contribution in [0, 0.1) is 0 Å². The van der Waals surface area contributed by atoms with Crippen LogP contribution in [0.2, 0.25) is 0 Å². The number of nitrogens with zero attached hydrogens (tertiary/aromatic N) is 4. The average Bonchev–Trinajstić information content (AvgIpc) is 3.65. The zero-order valence-corrected chi connectivity index (χ0v) is 21.2. The zero-order chi connectivity index (χ0) is 25.7. The highest BCUT2D eigenvalue weighted by Gasteiger charge is 2.20. The van der Waals surface area contributed by atoms with E-state index >= 15 is 0 Å². The molecular weight excluding hydrogens is 480 g/mol. The summed E-state index contributed by atoms with van der Waals surface area (Å²) >= 11 is 0. The lowest BCUT2D eigenvalue weighted by Crippen LogP contribution is -2.02. The molecule has 0 saturated carbocycles. The highest BCUT2D eigenvalue weighted by atomic mass is 15.5. The Kier molecular flexibility index (Phi) is 7.64. The number of aromatic nitrogens is 5. The van der Waals surface area contributed by atoms with Crippen LogP contribution in [-0.4, -0.2) is 25.2 Å². The van der Waals surface area contributed by atoms with Crippen LogP contribution in [0.4, 0.5) is 5.69 Å². The van der Waals surface area contributed by atoms with Gasteiger partial charge in [-0.3, -0.25) is 0 Å². The summed E-state index contributed by atoms with van der Waals surface area (Å²) in [6.45, 7) is 3.57. The summed E-state index contributed by atoms with van der Waals surface area (Å²) in [4.78, 5) is 0. The molecule has 6 aromatic rings. The predicted octanol–water partition coefficient (Wildman–Crippen LogP) is 7.94. The SMILES string of the molecule is C.CCn1c(-c2ccccc2-c2cccc(NCc3nn[nH]n3)c2)cc(-c2ccccc2)c1-c1ccccc1. The van der Waals surface area contributed by atoms with Crippen LogP contribution in [0.15, 0.2) is 115 Å². The summed E-state index contributed by atoms with van der Waals surface area (Å²) in [5.41, 5.74) is 10.6. The third-order valence-electron chi connectivity index (χ3n) is 6.76. The van der Waals surface area contributed by atoms with Gasteiger partial charge in [-0.2, -0.15) is 5.21 Å². The molecule has 0 bridgehead atoms. The Labute approximate surface area is 229 Å². The molecule has 2 N–H and O–H groups in total. The molecule has 0 spiro atoms. The third-order valence-corrected chi connectivity index (χ3v) is 6.76. The highest BCUT2D eigenvalue weighted by molar-refractivity contribution is 5.91. The molecule has 0 aliphatic heterocycles. The Morgan fingerprint density at radius 3 is 2.05 bits per heavy atom. The summed E-state index contributed by atoms with van der Waals surface area (Å²) in [7, 11) is 0. The van der Waals surface area contributed by atoms with Crippen LogP contribution in [0.1, 0.15) is 20.2 Å². The Balaban J connectivity index is 0.00000308. The van der Waals surface area contributed by atoms with Crippen molar-refractivity contribution in [2.45, 2.75) is 27.4 Å². The first-order valence-corrected chi connectivity index (χ1v) is 12.8. The molecule has 0 unspecified atom stereocenters. The molecule has 194 valence electrons. The van der Waals surface area contributed by atoms with Gasteiger partial charge in [-0.05, 0) is 47.4 Å². The molecule has 2 aromatic heterocycles. The second-order valence-electron chi connectivity index (χ2n) is 9.08. The number of nitrogens with one attached hydrogen (secondary N) is 2. The number of hydrogen-bond acceptors (Lipinski definition) is 4. The fourth-order valence-corrected chi connectivity index (χ4v) is 5.04. The van der Waals surface area contributed by atoms with Gasteiger partial charge in [-0.25, -0.2) is 0 Å². The van der Waals surface area contributed by atoms with Crippen molar-refractivity contribution in [3.63, 3.8) is 0 Å². The lowest BCUT2D eigenvalue weighted by atomic mass is 9.96. The molecule has 6 rings (SSSR count). The van der Waals surface area contributed by atoms with Gasteiger partial charge in [-0.15, -0.1) is 10.2 Å². The average molecular weight is 513 g/mol. The predicted molar refractivity (Wildman–Crippen MR) is 160 cm³/mol. The molecule has 0 aliphatic carbocycles. The van der Waals surface area contributed by atoms with E-state index in [1.54, 1.807) is 0 Å². The number of H-pyrrole nitrogens is 1. The second kappa shape index (κ2) is 11.6. The molecule has 6 nitrogen and oxygen atoms in total. The first-order valence-electron chi connectivity index (χ1n) is 12.8. The quantitative estimate of drug-likeness (QED) is 0.217. The molecule has 0 radical (unpaired) electrons. The van der Waals surface area contributed by atoms with E-state index in [2.05, 4.69) is 153 Å². The molecule has 0 saturated heterocycles. The van der Waals surface area contributed by atoms with Gasteiger partial charge in [-0.1, -0.05) is 110 Å². The Bertz CT molecular complexity index is 1640. The van der Waals surface area contributed by atoms with Gasteiger partial charge >= 0.3 is 0 Å². The van der Waals surface area contributed by atoms with E-state index in [9.17, 15) is 0 Å². The fourth-order valence-electron chi connectivity index (χ4n) is 5.04. The topological polar surface area (TPSA) is 71.4 Å². The van der Waals surface area contributed by atoms with Crippen molar-refractivity contribution >= 4 is 5.69 Å². The third kappa shape index (κ3) is 5.22. The van der Waals surface area contributed by atoms with Gasteiger partial charge in [0.25, 0.3) is 0 Å². The maximum absolute atomic E-state index is 4.03. The lowest BCUT2D eigenvalue weighted by Gasteiger charge is -2.16. The van der Waals surface area contributed by atoms with E-state index in [0.29, 0.717) is 12.4 Å². The summed E-state index contributed by atoms with van der Waals surface area (Å²) in [6, 6.07) is 40.8. The number of tetrazole rings is 1. The van der Waals surface area contributed by atoms with Crippen LogP contribution in [0.5, 0.6) is 0 Å². The van der Waals surface area contributed by atoms with Crippen LogP contribution < -0.4 is 5.32 Å². The van der Waals surface area contributed by atoms with Crippen LogP contribution in [-0.2, 0) is 13.1 Å². The summed E-state index contributed by atoms with van der Waals surface area (Å²) in [5.74, 6) is 0.624. The Morgan fingerprint density at radius 1 is 0.692 bits per heavy atom. The fraction of sp³-hybridized carbons (Fsp3) is 0.121. The molecule has 6 heteroatoms. The van der Waals surface area contributed by atoms with Crippen LogP contribution >= 0.6 is 0 Å². The van der Waals surface area contributed by atoms with Crippen molar-refractivity contribution in [3.05, 3.63) is 121 Å². The van der Waals surface area contributed by atoms with Crippen molar-refractivity contribution in [2.24, 2.45) is 0 Å². The molecular formula is C33H32N6. The zero-order valence-electron chi connectivity index (χ0n) is 21.2. The second-order valence-corrected chi connectivity index (χ2v) is 9.08. The van der Waals surface area contributed by atoms with Crippen molar-refractivity contribution in [2.75, 3.05) is 5.32 Å². The van der Waals surface area contributed by atoms with Crippen LogP contribution in [0.3, 0.4) is 0 Å². The monoisotopic (exact) mass is 512 g/mol. The van der Waals surface area contributed by atoms with Gasteiger partial charge in [0.05, 0.1) is 12.2 Å². The molecule has 4 aromatic carbocycles. The van der Waals surface area contributed by atoms with Gasteiger partial charge < -0.3 is 9.88 Å². The minimum atomic E-state index is 0.